The monoisotopic (exact) mass is 335 g/mol. The van der Waals surface area contributed by atoms with Crippen molar-refractivity contribution in [3.8, 4) is 0 Å². The second-order valence-electron chi connectivity index (χ2n) is 5.66. The highest BCUT2D eigenvalue weighted by Gasteiger charge is 2.15. The molecule has 0 fully saturated rings. The van der Waals surface area contributed by atoms with Crippen molar-refractivity contribution < 1.29 is 8.42 Å². The summed E-state index contributed by atoms with van der Waals surface area (Å²) in [4.78, 5) is 2.30. The van der Waals surface area contributed by atoms with Gasteiger partial charge >= 0.3 is 0 Å². The van der Waals surface area contributed by atoms with E-state index in [2.05, 4.69) is 13.8 Å². The van der Waals surface area contributed by atoms with Gasteiger partial charge < -0.3 is 5.73 Å². The van der Waals surface area contributed by atoms with Crippen LogP contribution in [0.5, 0.6) is 0 Å². The quantitative estimate of drug-likeness (QED) is 0.900. The Morgan fingerprint density at radius 3 is 2.36 bits per heavy atom. The summed E-state index contributed by atoms with van der Waals surface area (Å²) in [6.45, 7) is 4.19. The average Bonchev–Trinajstić information content (AvgIpc) is 2.46. The lowest BCUT2D eigenvalue weighted by molar-refractivity contribution is 0.508. The van der Waals surface area contributed by atoms with E-state index in [1.807, 2.05) is 30.3 Å². The zero-order valence-electron chi connectivity index (χ0n) is 13.0. The van der Waals surface area contributed by atoms with Crippen LogP contribution in [0.3, 0.4) is 0 Å². The Kier molecular flexibility index (Phi) is 5.32. The van der Waals surface area contributed by atoms with E-state index in [1.165, 1.54) is 6.26 Å². The van der Waals surface area contributed by atoms with E-state index in [0.717, 1.165) is 15.4 Å². The summed E-state index contributed by atoms with van der Waals surface area (Å²) in [5.41, 5.74) is 7.37. The van der Waals surface area contributed by atoms with E-state index in [9.17, 15) is 8.42 Å². The molecule has 5 heteroatoms. The Morgan fingerprint density at radius 1 is 1.05 bits per heavy atom. The van der Waals surface area contributed by atoms with E-state index < -0.39 is 9.84 Å². The van der Waals surface area contributed by atoms with Gasteiger partial charge in [-0.25, -0.2) is 8.42 Å². The average molecular weight is 335 g/mol. The standard InChI is InChI=1S/C17H21NO2S2/c1-12(2)17(18)15-9-4-5-10-16(15)21-13-7-6-8-14(11-13)22(3,19)20/h4-12,17H,18H2,1-3H3/t17-/m0/s1. The molecule has 0 saturated carbocycles. The van der Waals surface area contributed by atoms with Crippen LogP contribution in [-0.4, -0.2) is 14.7 Å². The highest BCUT2D eigenvalue weighted by atomic mass is 32.2. The number of hydrogen-bond donors (Lipinski definition) is 1. The summed E-state index contributed by atoms with van der Waals surface area (Å²) >= 11 is 1.55. The molecule has 2 aromatic rings. The van der Waals surface area contributed by atoms with Gasteiger partial charge in [0.1, 0.15) is 0 Å². The Morgan fingerprint density at radius 2 is 1.73 bits per heavy atom. The van der Waals surface area contributed by atoms with Crippen LogP contribution >= 0.6 is 11.8 Å². The summed E-state index contributed by atoms with van der Waals surface area (Å²) in [6, 6.07) is 15.0. The molecule has 0 bridgehead atoms. The Bertz CT molecular complexity index is 755. The van der Waals surface area contributed by atoms with Crippen molar-refractivity contribution in [3.63, 3.8) is 0 Å². The summed E-state index contributed by atoms with van der Waals surface area (Å²) in [5, 5.41) is 0. The van der Waals surface area contributed by atoms with E-state index in [-0.39, 0.29) is 6.04 Å². The van der Waals surface area contributed by atoms with Crippen LogP contribution in [0.15, 0.2) is 63.2 Å². The molecule has 0 heterocycles. The Balaban J connectivity index is 2.36. The lowest BCUT2D eigenvalue weighted by Crippen LogP contribution is -2.17. The Labute approximate surface area is 136 Å². The van der Waals surface area contributed by atoms with Gasteiger partial charge in [-0.2, -0.15) is 0 Å². The SMILES string of the molecule is CC(C)[C@H](N)c1ccccc1Sc1cccc(S(C)(=O)=O)c1. The first-order valence-corrected chi connectivity index (χ1v) is 9.82. The van der Waals surface area contributed by atoms with Gasteiger partial charge in [0, 0.05) is 22.1 Å². The molecule has 0 radical (unpaired) electrons. The first-order valence-electron chi connectivity index (χ1n) is 7.11. The smallest absolute Gasteiger partial charge is 0.175 e. The fraction of sp³-hybridized carbons (Fsp3) is 0.294. The van der Waals surface area contributed by atoms with Gasteiger partial charge in [0.15, 0.2) is 9.84 Å². The summed E-state index contributed by atoms with van der Waals surface area (Å²) in [5.74, 6) is 0.337. The van der Waals surface area contributed by atoms with Gasteiger partial charge in [0.25, 0.3) is 0 Å². The normalized spacial score (nSPS) is 13.3. The fourth-order valence-corrected chi connectivity index (χ4v) is 3.90. The van der Waals surface area contributed by atoms with Crippen LogP contribution in [0.4, 0.5) is 0 Å². The molecule has 0 aliphatic carbocycles. The van der Waals surface area contributed by atoms with Crippen LogP contribution in [0.25, 0.3) is 0 Å². The predicted octanol–water partition coefficient (Wildman–Crippen LogP) is 3.90. The zero-order chi connectivity index (χ0) is 16.3. The molecule has 2 rings (SSSR count). The van der Waals surface area contributed by atoms with Crippen LogP contribution in [0.1, 0.15) is 25.5 Å². The van der Waals surface area contributed by atoms with Crippen molar-refractivity contribution in [2.45, 2.75) is 34.6 Å². The van der Waals surface area contributed by atoms with Crippen molar-refractivity contribution >= 4 is 21.6 Å². The molecular weight excluding hydrogens is 314 g/mol. The molecule has 118 valence electrons. The van der Waals surface area contributed by atoms with Crippen molar-refractivity contribution in [3.05, 3.63) is 54.1 Å². The van der Waals surface area contributed by atoms with Crippen molar-refractivity contribution in [1.82, 2.24) is 0 Å². The minimum Gasteiger partial charge on any atom is -0.324 e. The molecule has 2 N–H and O–H groups in total. The number of benzene rings is 2. The molecule has 2 aromatic carbocycles. The molecule has 0 amide bonds. The number of nitrogens with two attached hydrogens (primary N) is 1. The maximum Gasteiger partial charge on any atom is 0.175 e. The lowest BCUT2D eigenvalue weighted by Gasteiger charge is -2.19. The lowest BCUT2D eigenvalue weighted by atomic mass is 9.97. The molecule has 22 heavy (non-hydrogen) atoms. The van der Waals surface area contributed by atoms with Crippen LogP contribution in [0, 0.1) is 5.92 Å². The van der Waals surface area contributed by atoms with E-state index in [0.29, 0.717) is 10.8 Å². The van der Waals surface area contributed by atoms with Gasteiger partial charge in [-0.15, -0.1) is 0 Å². The maximum atomic E-state index is 11.7. The third kappa shape index (κ3) is 4.12. The van der Waals surface area contributed by atoms with Crippen LogP contribution in [0.2, 0.25) is 0 Å². The molecule has 0 unspecified atom stereocenters. The van der Waals surface area contributed by atoms with Gasteiger partial charge in [-0.1, -0.05) is 49.9 Å². The topological polar surface area (TPSA) is 60.2 Å². The summed E-state index contributed by atoms with van der Waals surface area (Å²) < 4.78 is 23.3. The molecule has 0 aliphatic heterocycles. The van der Waals surface area contributed by atoms with Gasteiger partial charge in [0.2, 0.25) is 0 Å². The van der Waals surface area contributed by atoms with E-state index >= 15 is 0 Å². The second kappa shape index (κ2) is 6.86. The van der Waals surface area contributed by atoms with E-state index in [4.69, 9.17) is 5.73 Å². The van der Waals surface area contributed by atoms with Gasteiger partial charge in [0.05, 0.1) is 4.90 Å². The molecule has 0 spiro atoms. The highest BCUT2D eigenvalue weighted by molar-refractivity contribution is 7.99. The van der Waals surface area contributed by atoms with Gasteiger partial charge in [-0.3, -0.25) is 0 Å². The second-order valence-corrected chi connectivity index (χ2v) is 8.79. The zero-order valence-corrected chi connectivity index (χ0v) is 14.6. The highest BCUT2D eigenvalue weighted by Crippen LogP contribution is 2.35. The summed E-state index contributed by atoms with van der Waals surface area (Å²) in [7, 11) is -3.20. The maximum absolute atomic E-state index is 11.7. The molecule has 0 aliphatic rings. The number of hydrogen-bond acceptors (Lipinski definition) is 4. The predicted molar refractivity (Wildman–Crippen MR) is 91.9 cm³/mol. The Hall–Kier alpha value is -1.30. The minimum absolute atomic E-state index is 0.0400. The van der Waals surface area contributed by atoms with Crippen LogP contribution in [-0.2, 0) is 9.84 Å². The first-order chi connectivity index (χ1) is 10.3. The third-order valence-electron chi connectivity index (χ3n) is 3.46. The van der Waals surface area contributed by atoms with E-state index in [1.54, 1.807) is 30.0 Å². The fourth-order valence-electron chi connectivity index (χ4n) is 2.10. The first kappa shape index (κ1) is 17.1. The number of sulfone groups is 1. The largest absolute Gasteiger partial charge is 0.324 e. The molecule has 0 saturated heterocycles. The number of rotatable bonds is 5. The van der Waals surface area contributed by atoms with Crippen molar-refractivity contribution in [2.75, 3.05) is 6.26 Å². The van der Waals surface area contributed by atoms with Gasteiger partial charge in [-0.05, 0) is 35.7 Å². The van der Waals surface area contributed by atoms with Crippen LogP contribution < -0.4 is 5.73 Å². The molecule has 0 aromatic heterocycles. The third-order valence-corrected chi connectivity index (χ3v) is 5.65. The molecule has 1 atom stereocenters. The summed E-state index contributed by atoms with van der Waals surface area (Å²) in [6.07, 6.45) is 1.22. The van der Waals surface area contributed by atoms with Crippen molar-refractivity contribution in [1.29, 1.82) is 0 Å². The minimum atomic E-state index is -3.20. The van der Waals surface area contributed by atoms with Crippen molar-refractivity contribution in [2.24, 2.45) is 11.7 Å². The molecular formula is C17H21NO2S2. The molecule has 3 nitrogen and oxygen atoms in total.